The van der Waals surface area contributed by atoms with Gasteiger partial charge in [0.15, 0.2) is 11.0 Å². The fraction of sp³-hybridized carbons (Fsp3) is 0.700. The molecule has 0 amide bonds. The van der Waals surface area contributed by atoms with Gasteiger partial charge < -0.3 is 18.1 Å². The second-order valence-electron chi connectivity index (χ2n) is 4.27. The minimum Gasteiger partial charge on any atom is -1.00 e. The second kappa shape index (κ2) is 15.8. The first-order valence-electron chi connectivity index (χ1n) is 5.78. The van der Waals surface area contributed by atoms with Crippen LogP contribution in [0.3, 0.4) is 0 Å². The molecule has 0 aliphatic heterocycles. The van der Waals surface area contributed by atoms with Crippen molar-refractivity contribution in [3.8, 4) is 0 Å². The molecule has 130 valence electrons. The molecule has 0 atom stereocenters. The first-order valence-corrected chi connectivity index (χ1v) is 6.97. The molecule has 0 aliphatic rings. The van der Waals surface area contributed by atoms with Crippen LogP contribution in [-0.4, -0.2) is 22.8 Å². The van der Waals surface area contributed by atoms with Gasteiger partial charge in [-0.05, 0) is 19.4 Å². The predicted octanol–water partition coefficient (Wildman–Crippen LogP) is -0.351. The summed E-state index contributed by atoms with van der Waals surface area (Å²) in [5.74, 6) is 12.0. The number of unbranched alkanes of at least 4 members (excludes halogenated alkanes) is 3. The van der Waals surface area contributed by atoms with E-state index >= 15 is 0 Å². The Labute approximate surface area is 160 Å². The van der Waals surface area contributed by atoms with Crippen molar-refractivity contribution in [1.82, 2.24) is 4.98 Å². The van der Waals surface area contributed by atoms with Gasteiger partial charge in [0.1, 0.15) is 6.54 Å². The second-order valence-corrected chi connectivity index (χ2v) is 5.96. The van der Waals surface area contributed by atoms with Crippen LogP contribution in [0.25, 0.3) is 0 Å². The highest BCUT2D eigenvalue weighted by atomic mass is 35.5. The number of aromatic nitrogens is 1. The van der Waals surface area contributed by atoms with Gasteiger partial charge in [0.25, 0.3) is 0 Å². The number of nitrogens with zero attached hydrogens (tertiary/aromatic N) is 2. The smallest absolute Gasteiger partial charge is 0.183 e. The average molecular weight is 424 g/mol. The molecule has 0 saturated heterocycles. The van der Waals surface area contributed by atoms with Gasteiger partial charge in [-0.3, -0.25) is 0 Å². The van der Waals surface area contributed by atoms with E-state index in [0.29, 0.717) is 11.0 Å². The average Bonchev–Trinajstić information content (AvgIpc) is 2.62. The summed E-state index contributed by atoms with van der Waals surface area (Å²) in [6, 6.07) is 0. The van der Waals surface area contributed by atoms with Gasteiger partial charge in [0.05, 0.1) is 4.88 Å². The van der Waals surface area contributed by atoms with Crippen molar-refractivity contribution in [3.05, 3.63) is 15.5 Å². The lowest BCUT2D eigenvalue weighted by Crippen LogP contribution is -3.00. The van der Waals surface area contributed by atoms with Crippen molar-refractivity contribution in [1.29, 1.82) is 0 Å². The first kappa shape index (κ1) is 29.9. The zero-order valence-electron chi connectivity index (χ0n) is 11.5. The molecule has 0 aromatic carbocycles. The van der Waals surface area contributed by atoms with Gasteiger partial charge in [-0.1, -0.05) is 18.0 Å². The number of rotatable bonds is 8. The van der Waals surface area contributed by atoms with Crippen LogP contribution in [0.15, 0.2) is 6.20 Å². The van der Waals surface area contributed by atoms with Crippen LogP contribution < -0.4 is 29.8 Å². The van der Waals surface area contributed by atoms with Crippen LogP contribution in [0.4, 0.5) is 0 Å². The highest BCUT2D eigenvalue weighted by Gasteiger charge is 2.19. The largest absolute Gasteiger partial charge is 1.00 e. The van der Waals surface area contributed by atoms with Gasteiger partial charge in [-0.2, -0.15) is 16.4 Å². The Bertz CT molecular complexity index is 339. The van der Waals surface area contributed by atoms with Crippen molar-refractivity contribution in [2.75, 3.05) is 13.1 Å². The molecule has 0 fully saturated rings. The van der Waals surface area contributed by atoms with Crippen molar-refractivity contribution < 1.29 is 17.1 Å². The van der Waals surface area contributed by atoms with Crippen molar-refractivity contribution >= 4 is 60.2 Å². The summed E-state index contributed by atoms with van der Waals surface area (Å²) in [6.07, 6.45) is 6.07. The van der Waals surface area contributed by atoms with E-state index < -0.39 is 0 Å². The monoisotopic (exact) mass is 421 g/mol. The third-order valence-electron chi connectivity index (χ3n) is 2.50. The molecule has 0 unspecified atom stereocenters. The maximum absolute atomic E-state index is 6.00. The maximum atomic E-state index is 6.00. The van der Waals surface area contributed by atoms with Crippen LogP contribution in [0.1, 0.15) is 30.6 Å². The Morgan fingerprint density at radius 3 is 2.14 bits per heavy atom. The number of halogens is 5. The molecule has 1 heterocycles. The molecule has 6 N–H and O–H groups in total. The van der Waals surface area contributed by atoms with Crippen molar-refractivity contribution in [3.63, 3.8) is 0 Å². The minimum atomic E-state index is 0. The molecule has 0 radical (unpaired) electrons. The lowest BCUT2D eigenvalue weighted by molar-refractivity contribution is -0.964. The summed E-state index contributed by atoms with van der Waals surface area (Å²) >= 11 is 7.18. The van der Waals surface area contributed by atoms with E-state index in [-0.39, 0.29) is 54.3 Å². The zero-order valence-corrected chi connectivity index (χ0v) is 16.3. The fourth-order valence-corrected chi connectivity index (χ4v) is 2.71. The zero-order chi connectivity index (χ0) is 12.7. The van der Waals surface area contributed by atoms with Crippen LogP contribution >= 0.6 is 60.2 Å². The van der Waals surface area contributed by atoms with Crippen molar-refractivity contribution in [2.24, 2.45) is 17.4 Å². The summed E-state index contributed by atoms with van der Waals surface area (Å²) in [5, 5.41) is 0. The van der Waals surface area contributed by atoms with E-state index in [4.69, 9.17) is 29.0 Å². The van der Waals surface area contributed by atoms with E-state index in [1.807, 2.05) is 0 Å². The molecule has 0 aliphatic carbocycles. The normalized spacial score (nSPS) is 9.71. The van der Waals surface area contributed by atoms with Gasteiger partial charge in [0.2, 0.25) is 0 Å². The number of thiazole rings is 1. The Kier molecular flexibility index (Phi) is 22.5. The predicted molar refractivity (Wildman–Crippen MR) is 93.6 cm³/mol. The van der Waals surface area contributed by atoms with Crippen LogP contribution in [0.5, 0.6) is 0 Å². The highest BCUT2D eigenvalue weighted by Crippen LogP contribution is 2.19. The molecule has 0 bridgehead atoms. The summed E-state index contributed by atoms with van der Waals surface area (Å²) in [4.78, 5) is 4.99. The molecule has 1 rings (SSSR count). The van der Waals surface area contributed by atoms with Gasteiger partial charge in [0, 0.05) is 12.6 Å². The Balaban J connectivity index is -0.000000361. The van der Waals surface area contributed by atoms with E-state index in [0.717, 1.165) is 43.6 Å². The quantitative estimate of drug-likeness (QED) is 0.231. The van der Waals surface area contributed by atoms with Crippen LogP contribution in [0.2, 0.25) is 4.47 Å². The summed E-state index contributed by atoms with van der Waals surface area (Å²) in [7, 11) is 0. The standard InChI is InChI=1S/C10H21ClN5S.4ClH/c11-10-15-7-9(17-10)8-16(13,14)6-4-2-1-3-5-12;;;;/h7H,1-6,8,12-14H2;4*1H/q+1;;;;/p-1. The van der Waals surface area contributed by atoms with E-state index in [1.54, 1.807) is 6.20 Å². The molecule has 1 aromatic rings. The van der Waals surface area contributed by atoms with E-state index in [2.05, 4.69) is 4.98 Å². The van der Waals surface area contributed by atoms with Crippen LogP contribution in [0, 0.1) is 0 Å². The molecule has 1 aromatic heterocycles. The van der Waals surface area contributed by atoms with Gasteiger partial charge in [-0.25, -0.2) is 4.98 Å². The molecule has 0 spiro atoms. The number of quaternary nitrogens is 1. The number of hydrogen-bond donors (Lipinski definition) is 3. The maximum Gasteiger partial charge on any atom is 0.183 e. The minimum absolute atomic E-state index is 0. The van der Waals surface area contributed by atoms with E-state index in [1.165, 1.54) is 11.3 Å². The third-order valence-corrected chi connectivity index (χ3v) is 3.60. The Morgan fingerprint density at radius 2 is 1.67 bits per heavy atom. The molecule has 0 saturated carbocycles. The topological polar surface area (TPSA) is 91.0 Å². The molecule has 21 heavy (non-hydrogen) atoms. The first-order chi connectivity index (χ1) is 8.03. The van der Waals surface area contributed by atoms with Crippen LogP contribution in [-0.2, 0) is 6.54 Å². The Morgan fingerprint density at radius 1 is 1.10 bits per heavy atom. The summed E-state index contributed by atoms with van der Waals surface area (Å²) < 4.78 is 0.532. The summed E-state index contributed by atoms with van der Waals surface area (Å²) in [5.41, 5.74) is 5.43. The SMILES string of the molecule is Cl.Cl.Cl.NCCCCCC[N+](N)(N)Cc1cnc(Cl)s1.[Cl-]. The Hall–Kier alpha value is 0.920. The fourth-order valence-electron chi connectivity index (χ4n) is 1.63. The number of nitrogens with two attached hydrogens (primary N) is 3. The molecular formula is C10H24Cl5N5S. The highest BCUT2D eigenvalue weighted by molar-refractivity contribution is 7.15. The molecular weight excluding hydrogens is 399 g/mol. The van der Waals surface area contributed by atoms with Crippen molar-refractivity contribution in [2.45, 2.75) is 32.2 Å². The van der Waals surface area contributed by atoms with Gasteiger partial charge in [-0.15, -0.1) is 48.6 Å². The van der Waals surface area contributed by atoms with Gasteiger partial charge >= 0.3 is 0 Å². The number of hydrogen-bond acceptors (Lipinski definition) is 5. The molecule has 5 nitrogen and oxygen atoms in total. The lowest BCUT2D eigenvalue weighted by atomic mass is 10.2. The third kappa shape index (κ3) is 14.3. The van der Waals surface area contributed by atoms with E-state index in [9.17, 15) is 0 Å². The lowest BCUT2D eigenvalue weighted by Gasteiger charge is -2.25. The molecule has 11 heteroatoms. The summed E-state index contributed by atoms with van der Waals surface area (Å²) in [6.45, 7) is 2.08.